The SMILES string of the molecule is CCN(CC(=O)N(C)C)S(=O)(=O)c1ncn(C)c1Cl. The van der Waals surface area contributed by atoms with Crippen LogP contribution < -0.4 is 0 Å². The summed E-state index contributed by atoms with van der Waals surface area (Å²) in [4.78, 5) is 16.8. The first-order valence-corrected chi connectivity index (χ1v) is 7.40. The summed E-state index contributed by atoms with van der Waals surface area (Å²) in [6, 6.07) is 0. The van der Waals surface area contributed by atoms with Crippen LogP contribution in [0.2, 0.25) is 5.15 Å². The molecule has 1 heterocycles. The molecule has 0 aliphatic rings. The third kappa shape index (κ3) is 3.26. The molecular weight excluding hydrogens is 292 g/mol. The van der Waals surface area contributed by atoms with Gasteiger partial charge >= 0.3 is 0 Å². The van der Waals surface area contributed by atoms with E-state index in [1.165, 1.54) is 15.8 Å². The Labute approximate surface area is 117 Å². The molecule has 0 aromatic carbocycles. The summed E-state index contributed by atoms with van der Waals surface area (Å²) in [5.74, 6) is -0.308. The maximum Gasteiger partial charge on any atom is 0.264 e. The number of nitrogens with zero attached hydrogens (tertiary/aromatic N) is 4. The van der Waals surface area contributed by atoms with Crippen molar-refractivity contribution in [1.82, 2.24) is 18.8 Å². The fourth-order valence-corrected chi connectivity index (χ4v) is 3.14. The summed E-state index contributed by atoms with van der Waals surface area (Å²) < 4.78 is 27.1. The van der Waals surface area contributed by atoms with Gasteiger partial charge in [0.2, 0.25) is 10.9 Å². The number of aryl methyl sites for hydroxylation is 1. The van der Waals surface area contributed by atoms with E-state index in [2.05, 4.69) is 4.98 Å². The molecule has 0 saturated heterocycles. The molecule has 0 aliphatic carbocycles. The molecule has 1 rings (SSSR count). The third-order valence-corrected chi connectivity index (χ3v) is 4.99. The zero-order chi connectivity index (χ0) is 14.8. The van der Waals surface area contributed by atoms with Gasteiger partial charge in [0.1, 0.15) is 5.15 Å². The first kappa shape index (κ1) is 15.9. The van der Waals surface area contributed by atoms with Crippen molar-refractivity contribution in [2.75, 3.05) is 27.2 Å². The highest BCUT2D eigenvalue weighted by Gasteiger charge is 2.30. The van der Waals surface area contributed by atoms with Crippen molar-refractivity contribution in [1.29, 1.82) is 0 Å². The second kappa shape index (κ2) is 5.89. The van der Waals surface area contributed by atoms with Crippen molar-refractivity contribution in [2.24, 2.45) is 7.05 Å². The van der Waals surface area contributed by atoms with Crippen molar-refractivity contribution < 1.29 is 13.2 Å². The van der Waals surface area contributed by atoms with Crippen LogP contribution in [0, 0.1) is 0 Å². The maximum atomic E-state index is 12.4. The summed E-state index contributed by atoms with van der Waals surface area (Å²) >= 11 is 5.89. The molecule has 0 atom stereocenters. The second-order valence-corrected chi connectivity index (χ2v) is 6.38. The average Bonchev–Trinajstić information content (AvgIpc) is 2.66. The van der Waals surface area contributed by atoms with Gasteiger partial charge in [-0.2, -0.15) is 4.31 Å². The van der Waals surface area contributed by atoms with E-state index in [9.17, 15) is 13.2 Å². The Morgan fingerprint density at radius 3 is 2.42 bits per heavy atom. The van der Waals surface area contributed by atoms with Gasteiger partial charge < -0.3 is 9.47 Å². The molecule has 7 nitrogen and oxygen atoms in total. The quantitative estimate of drug-likeness (QED) is 0.777. The van der Waals surface area contributed by atoms with Gasteiger partial charge in [-0.25, -0.2) is 13.4 Å². The van der Waals surface area contributed by atoms with Gasteiger partial charge in [0.25, 0.3) is 10.0 Å². The van der Waals surface area contributed by atoms with Crippen LogP contribution in [0.4, 0.5) is 0 Å². The topological polar surface area (TPSA) is 75.5 Å². The Kier molecular flexibility index (Phi) is 4.94. The lowest BCUT2D eigenvalue weighted by atomic mass is 10.5. The normalized spacial score (nSPS) is 11.9. The lowest BCUT2D eigenvalue weighted by Crippen LogP contribution is -2.40. The number of amides is 1. The zero-order valence-electron chi connectivity index (χ0n) is 11.3. The van der Waals surface area contributed by atoms with Crippen LogP contribution in [0.3, 0.4) is 0 Å². The fraction of sp³-hybridized carbons (Fsp3) is 0.600. The summed E-state index contributed by atoms with van der Waals surface area (Å²) in [5.41, 5.74) is 0. The molecule has 9 heteroatoms. The predicted molar refractivity (Wildman–Crippen MR) is 71.3 cm³/mol. The molecule has 0 radical (unpaired) electrons. The number of carbonyl (C=O) groups excluding carboxylic acids is 1. The van der Waals surface area contributed by atoms with E-state index < -0.39 is 10.0 Å². The van der Waals surface area contributed by atoms with Crippen LogP contribution >= 0.6 is 11.6 Å². The molecule has 0 fully saturated rings. The van der Waals surface area contributed by atoms with Crippen molar-refractivity contribution >= 4 is 27.5 Å². The van der Waals surface area contributed by atoms with Crippen molar-refractivity contribution in [3.8, 4) is 0 Å². The smallest absolute Gasteiger partial charge is 0.264 e. The van der Waals surface area contributed by atoms with Crippen LogP contribution in [-0.2, 0) is 21.9 Å². The molecule has 1 aromatic heterocycles. The van der Waals surface area contributed by atoms with Crippen LogP contribution in [-0.4, -0.2) is 60.3 Å². The largest absolute Gasteiger partial charge is 0.348 e. The van der Waals surface area contributed by atoms with E-state index in [0.717, 1.165) is 4.31 Å². The molecule has 0 saturated carbocycles. The van der Waals surface area contributed by atoms with E-state index in [-0.39, 0.29) is 29.2 Å². The monoisotopic (exact) mass is 308 g/mol. The van der Waals surface area contributed by atoms with Crippen LogP contribution in [0.5, 0.6) is 0 Å². The number of likely N-dealkylation sites (N-methyl/N-ethyl adjacent to an activating group) is 2. The van der Waals surface area contributed by atoms with E-state index in [1.807, 2.05) is 0 Å². The van der Waals surface area contributed by atoms with E-state index in [1.54, 1.807) is 28.1 Å². The Bertz CT molecular complexity index is 567. The van der Waals surface area contributed by atoms with Gasteiger partial charge in [0.15, 0.2) is 0 Å². The minimum absolute atomic E-state index is 0.0238. The molecule has 0 N–H and O–H groups in total. The summed E-state index contributed by atoms with van der Waals surface area (Å²) in [6.45, 7) is 1.57. The van der Waals surface area contributed by atoms with Gasteiger partial charge in [-0.05, 0) is 0 Å². The number of hydrogen-bond donors (Lipinski definition) is 0. The fourth-order valence-electron chi connectivity index (χ4n) is 1.35. The lowest BCUT2D eigenvalue weighted by Gasteiger charge is -2.20. The van der Waals surface area contributed by atoms with Gasteiger partial charge in [-0.1, -0.05) is 18.5 Å². The first-order valence-electron chi connectivity index (χ1n) is 5.59. The van der Waals surface area contributed by atoms with E-state index in [0.29, 0.717) is 0 Å². The van der Waals surface area contributed by atoms with Crippen LogP contribution in [0.15, 0.2) is 11.4 Å². The van der Waals surface area contributed by atoms with Crippen molar-refractivity contribution in [2.45, 2.75) is 11.9 Å². The first-order chi connectivity index (χ1) is 8.71. The molecule has 0 spiro atoms. The summed E-state index contributed by atoms with van der Waals surface area (Å²) in [5, 5.41) is -0.208. The lowest BCUT2D eigenvalue weighted by molar-refractivity contribution is -0.128. The number of carbonyl (C=O) groups is 1. The highest BCUT2D eigenvalue weighted by Crippen LogP contribution is 2.22. The zero-order valence-corrected chi connectivity index (χ0v) is 12.9. The van der Waals surface area contributed by atoms with Gasteiger partial charge in [-0.3, -0.25) is 4.79 Å². The summed E-state index contributed by atoms with van der Waals surface area (Å²) in [7, 11) is 0.857. The second-order valence-electron chi connectivity index (χ2n) is 4.17. The number of hydrogen-bond acceptors (Lipinski definition) is 4. The molecule has 108 valence electrons. The molecule has 19 heavy (non-hydrogen) atoms. The number of halogens is 1. The number of rotatable bonds is 5. The molecule has 1 aromatic rings. The Morgan fingerprint density at radius 2 is 2.05 bits per heavy atom. The molecule has 1 amide bonds. The minimum Gasteiger partial charge on any atom is -0.348 e. The number of imidazole rings is 1. The predicted octanol–water partition coefficient (Wildman–Crippen LogP) is 0.172. The highest BCUT2D eigenvalue weighted by atomic mass is 35.5. The van der Waals surface area contributed by atoms with Crippen LogP contribution in [0.1, 0.15) is 6.92 Å². The molecule has 0 unspecified atom stereocenters. The van der Waals surface area contributed by atoms with Gasteiger partial charge in [0, 0.05) is 27.7 Å². The van der Waals surface area contributed by atoms with Crippen molar-refractivity contribution in [3.05, 3.63) is 11.5 Å². The maximum absolute atomic E-state index is 12.4. The van der Waals surface area contributed by atoms with E-state index in [4.69, 9.17) is 11.6 Å². The standard InChI is InChI=1S/C10H17ClN4O3S/c1-5-15(6-8(16)13(2)3)19(17,18)10-9(11)14(4)7-12-10/h7H,5-6H2,1-4H3. The third-order valence-electron chi connectivity index (χ3n) is 2.58. The van der Waals surface area contributed by atoms with E-state index >= 15 is 0 Å². The highest BCUT2D eigenvalue weighted by molar-refractivity contribution is 7.89. The van der Waals surface area contributed by atoms with Crippen LogP contribution in [0.25, 0.3) is 0 Å². The Morgan fingerprint density at radius 1 is 1.47 bits per heavy atom. The van der Waals surface area contributed by atoms with Gasteiger partial charge in [-0.15, -0.1) is 0 Å². The molecular formula is C10H17ClN4O3S. The number of sulfonamides is 1. The molecule has 0 bridgehead atoms. The Hall–Kier alpha value is -1.12. The molecule has 0 aliphatic heterocycles. The number of aromatic nitrogens is 2. The minimum atomic E-state index is -3.87. The average molecular weight is 309 g/mol. The summed E-state index contributed by atoms with van der Waals surface area (Å²) in [6.07, 6.45) is 1.32. The van der Waals surface area contributed by atoms with Gasteiger partial charge in [0.05, 0.1) is 12.9 Å². The van der Waals surface area contributed by atoms with Crippen molar-refractivity contribution in [3.63, 3.8) is 0 Å². The Balaban J connectivity index is 3.10.